The van der Waals surface area contributed by atoms with E-state index >= 15 is 0 Å². The second kappa shape index (κ2) is 8.78. The van der Waals surface area contributed by atoms with E-state index in [0.29, 0.717) is 13.0 Å². The molecule has 1 heterocycles. The van der Waals surface area contributed by atoms with E-state index in [1.807, 2.05) is 38.1 Å². The van der Waals surface area contributed by atoms with Crippen molar-refractivity contribution in [3.63, 3.8) is 0 Å². The molecule has 0 spiro atoms. The lowest BCUT2D eigenvalue weighted by atomic mass is 9.72. The zero-order chi connectivity index (χ0) is 24.7. The van der Waals surface area contributed by atoms with Gasteiger partial charge in [0, 0.05) is 29.8 Å². The molecule has 2 amide bonds. The summed E-state index contributed by atoms with van der Waals surface area (Å²) in [5.74, 6) is -1.22. The molecule has 1 aliphatic carbocycles. The molecule has 0 radical (unpaired) electrons. The average Bonchev–Trinajstić information content (AvgIpc) is 3.09. The summed E-state index contributed by atoms with van der Waals surface area (Å²) in [7, 11) is 0. The molecule has 1 aliphatic heterocycles. The maximum absolute atomic E-state index is 13.0. The van der Waals surface area contributed by atoms with Gasteiger partial charge >= 0.3 is 12.1 Å². The van der Waals surface area contributed by atoms with E-state index in [1.165, 1.54) is 16.0 Å². The fourth-order valence-corrected chi connectivity index (χ4v) is 5.21. The summed E-state index contributed by atoms with van der Waals surface area (Å²) in [6, 6.07) is 15.5. The van der Waals surface area contributed by atoms with E-state index < -0.39 is 28.9 Å². The minimum Gasteiger partial charge on any atom is -0.480 e. The Morgan fingerprint density at radius 3 is 2.15 bits per heavy atom. The first-order chi connectivity index (χ1) is 16.0. The lowest BCUT2D eigenvalue weighted by Crippen LogP contribution is -2.68. The molecule has 2 aromatic carbocycles. The zero-order valence-electron chi connectivity index (χ0n) is 20.1. The van der Waals surface area contributed by atoms with Gasteiger partial charge in [0.1, 0.15) is 12.6 Å². The summed E-state index contributed by atoms with van der Waals surface area (Å²) in [6.45, 7) is 8.14. The minimum absolute atomic E-state index is 0.0149. The molecular formula is C27H32N2O5. The molecule has 1 atom stereocenters. The van der Waals surface area contributed by atoms with Crippen LogP contribution in [0.1, 0.15) is 51.2 Å². The lowest BCUT2D eigenvalue weighted by Gasteiger charge is -2.53. The average molecular weight is 465 g/mol. The van der Waals surface area contributed by atoms with E-state index in [0.717, 1.165) is 11.1 Å². The summed E-state index contributed by atoms with van der Waals surface area (Å²) in [5, 5.41) is 12.2. The first-order valence-corrected chi connectivity index (χ1v) is 11.7. The molecule has 0 bridgehead atoms. The number of nitrogens with zero attached hydrogens (tertiary/aromatic N) is 1. The van der Waals surface area contributed by atoms with Crippen LogP contribution in [0.15, 0.2) is 48.5 Å². The Labute approximate surface area is 200 Å². The highest BCUT2D eigenvalue weighted by Crippen LogP contribution is 2.44. The zero-order valence-corrected chi connectivity index (χ0v) is 20.1. The Bertz CT molecular complexity index is 1080. The van der Waals surface area contributed by atoms with Crippen molar-refractivity contribution in [3.05, 3.63) is 59.7 Å². The van der Waals surface area contributed by atoms with Gasteiger partial charge in [-0.1, -0.05) is 76.2 Å². The van der Waals surface area contributed by atoms with Gasteiger partial charge in [0.2, 0.25) is 5.91 Å². The van der Waals surface area contributed by atoms with Gasteiger partial charge in [0.15, 0.2) is 0 Å². The van der Waals surface area contributed by atoms with Crippen LogP contribution in [0, 0.1) is 10.8 Å². The van der Waals surface area contributed by atoms with Gasteiger partial charge in [-0.2, -0.15) is 0 Å². The summed E-state index contributed by atoms with van der Waals surface area (Å²) in [6.07, 6.45) is -0.155. The number of carbonyl (C=O) groups is 3. The number of amides is 2. The molecule has 2 aliphatic rings. The van der Waals surface area contributed by atoms with Gasteiger partial charge in [-0.05, 0) is 28.7 Å². The van der Waals surface area contributed by atoms with E-state index in [1.54, 1.807) is 13.8 Å². The summed E-state index contributed by atoms with van der Waals surface area (Å²) >= 11 is 0. The van der Waals surface area contributed by atoms with Crippen LogP contribution in [0.5, 0.6) is 0 Å². The number of rotatable bonds is 7. The van der Waals surface area contributed by atoms with Crippen LogP contribution in [0.3, 0.4) is 0 Å². The first-order valence-electron chi connectivity index (χ1n) is 11.7. The van der Waals surface area contributed by atoms with Crippen molar-refractivity contribution < 1.29 is 24.2 Å². The largest absolute Gasteiger partial charge is 0.480 e. The minimum atomic E-state index is -0.989. The number of alkyl carbamates (subject to hydrolysis) is 1. The Balaban J connectivity index is 1.30. The van der Waals surface area contributed by atoms with Crippen molar-refractivity contribution in [2.24, 2.45) is 10.8 Å². The standard InChI is InChI=1S/C27H32N2O5/c1-26(2,24(32)29-16-27(3,4)22(29)23(30)31)13-14-28-25(33)34-15-21-19-11-7-5-9-17(19)18-10-6-8-12-20(18)21/h5-12,21-22H,13-16H2,1-4H3,(H,28,33)(H,30,31). The smallest absolute Gasteiger partial charge is 0.407 e. The number of carboxylic acids is 1. The summed E-state index contributed by atoms with van der Waals surface area (Å²) in [4.78, 5) is 38.4. The predicted octanol–water partition coefficient (Wildman–Crippen LogP) is 4.26. The Kier molecular flexibility index (Phi) is 6.14. The number of benzene rings is 2. The molecule has 34 heavy (non-hydrogen) atoms. The SMILES string of the molecule is CC(C)(CCNC(=O)OCC1c2ccccc2-c2ccccc21)C(=O)N1CC(C)(C)C1C(=O)O. The van der Waals surface area contributed by atoms with Crippen LogP contribution in [0.4, 0.5) is 4.79 Å². The van der Waals surface area contributed by atoms with Crippen molar-refractivity contribution >= 4 is 18.0 Å². The maximum atomic E-state index is 13.0. The number of hydrogen-bond acceptors (Lipinski definition) is 4. The van der Waals surface area contributed by atoms with E-state index in [2.05, 4.69) is 29.6 Å². The molecule has 4 rings (SSSR count). The molecule has 2 aromatic rings. The highest BCUT2D eigenvalue weighted by Gasteiger charge is 2.54. The van der Waals surface area contributed by atoms with E-state index in [-0.39, 0.29) is 25.0 Å². The second-order valence-electron chi connectivity index (χ2n) is 10.5. The molecule has 7 heteroatoms. The monoisotopic (exact) mass is 464 g/mol. The van der Waals surface area contributed by atoms with Gasteiger partial charge in [0.05, 0.1) is 0 Å². The molecule has 2 N–H and O–H groups in total. The van der Waals surface area contributed by atoms with Gasteiger partial charge in [-0.25, -0.2) is 9.59 Å². The number of carbonyl (C=O) groups excluding carboxylic acids is 2. The van der Waals surface area contributed by atoms with Gasteiger partial charge in [0.25, 0.3) is 0 Å². The lowest BCUT2D eigenvalue weighted by molar-refractivity contribution is -0.177. The first kappa shape index (κ1) is 23.8. The predicted molar refractivity (Wildman–Crippen MR) is 128 cm³/mol. The van der Waals surface area contributed by atoms with Crippen molar-refractivity contribution in [1.29, 1.82) is 0 Å². The highest BCUT2D eigenvalue weighted by atomic mass is 16.5. The van der Waals surface area contributed by atoms with Crippen LogP contribution >= 0.6 is 0 Å². The Morgan fingerprint density at radius 2 is 1.62 bits per heavy atom. The van der Waals surface area contributed by atoms with Crippen molar-refractivity contribution in [2.75, 3.05) is 19.7 Å². The van der Waals surface area contributed by atoms with Crippen LogP contribution in [0.25, 0.3) is 11.1 Å². The molecule has 0 saturated carbocycles. The fraction of sp³-hybridized carbons (Fsp3) is 0.444. The van der Waals surface area contributed by atoms with E-state index in [4.69, 9.17) is 4.74 Å². The summed E-state index contributed by atoms with van der Waals surface area (Å²) < 4.78 is 5.55. The van der Waals surface area contributed by atoms with Crippen LogP contribution < -0.4 is 5.32 Å². The molecule has 1 unspecified atom stereocenters. The molecular weight excluding hydrogens is 432 g/mol. The van der Waals surface area contributed by atoms with Gasteiger partial charge in [-0.15, -0.1) is 0 Å². The number of fused-ring (bicyclic) bond motifs is 3. The van der Waals surface area contributed by atoms with Crippen molar-refractivity contribution in [2.45, 2.75) is 46.1 Å². The van der Waals surface area contributed by atoms with Gasteiger partial charge in [-0.3, -0.25) is 4.79 Å². The van der Waals surface area contributed by atoms with Crippen molar-refractivity contribution in [3.8, 4) is 11.1 Å². The Hall–Kier alpha value is -3.35. The number of ether oxygens (including phenoxy) is 1. The third-order valence-corrected chi connectivity index (χ3v) is 7.07. The molecule has 7 nitrogen and oxygen atoms in total. The molecule has 1 saturated heterocycles. The maximum Gasteiger partial charge on any atom is 0.407 e. The van der Waals surface area contributed by atoms with Crippen molar-refractivity contribution in [1.82, 2.24) is 10.2 Å². The molecule has 1 fully saturated rings. The van der Waals surface area contributed by atoms with Crippen LogP contribution in [-0.2, 0) is 14.3 Å². The number of hydrogen-bond donors (Lipinski definition) is 2. The van der Waals surface area contributed by atoms with Crippen LogP contribution in [0.2, 0.25) is 0 Å². The number of nitrogens with one attached hydrogen (secondary N) is 1. The third kappa shape index (κ3) is 4.27. The Morgan fingerprint density at radius 1 is 1.06 bits per heavy atom. The molecule has 0 aromatic heterocycles. The van der Waals surface area contributed by atoms with Gasteiger partial charge < -0.3 is 20.1 Å². The quantitative estimate of drug-likeness (QED) is 0.638. The number of carboxylic acid groups (broad SMARTS) is 1. The third-order valence-electron chi connectivity index (χ3n) is 7.07. The topological polar surface area (TPSA) is 95.9 Å². The normalized spacial score (nSPS) is 18.5. The number of aliphatic carboxylic acids is 1. The fourth-order valence-electron chi connectivity index (χ4n) is 5.21. The molecule has 180 valence electrons. The number of likely N-dealkylation sites (tertiary alicyclic amines) is 1. The summed E-state index contributed by atoms with van der Waals surface area (Å²) in [5.41, 5.74) is 3.38. The highest BCUT2D eigenvalue weighted by molar-refractivity contribution is 5.89. The second-order valence-corrected chi connectivity index (χ2v) is 10.5. The van der Waals surface area contributed by atoms with Crippen LogP contribution in [-0.4, -0.2) is 53.7 Å². The van der Waals surface area contributed by atoms with E-state index in [9.17, 15) is 19.5 Å².